The van der Waals surface area contributed by atoms with Gasteiger partial charge in [0.2, 0.25) is 0 Å². The van der Waals surface area contributed by atoms with Crippen molar-refractivity contribution < 1.29 is 14.2 Å². The van der Waals surface area contributed by atoms with E-state index >= 15 is 0 Å². The minimum absolute atomic E-state index is 0.0260. The molecule has 0 spiro atoms. The van der Waals surface area contributed by atoms with Crippen molar-refractivity contribution in [3.63, 3.8) is 0 Å². The number of para-hydroxylation sites is 1. The highest BCUT2D eigenvalue weighted by Gasteiger charge is 2.20. The van der Waals surface area contributed by atoms with Gasteiger partial charge in [-0.1, -0.05) is 43.5 Å². The van der Waals surface area contributed by atoms with Gasteiger partial charge in [0.15, 0.2) is 0 Å². The third-order valence-corrected chi connectivity index (χ3v) is 5.36. The van der Waals surface area contributed by atoms with Gasteiger partial charge in [0.25, 0.3) is 11.7 Å². The van der Waals surface area contributed by atoms with Crippen molar-refractivity contribution in [2.24, 2.45) is 0 Å². The summed E-state index contributed by atoms with van der Waals surface area (Å²) in [5, 5.41) is 7.43. The zero-order valence-electron chi connectivity index (χ0n) is 15.8. The Kier molecular flexibility index (Phi) is 5.51. The molecule has 3 N–H and O–H groups in total. The van der Waals surface area contributed by atoms with Gasteiger partial charge in [-0.2, -0.15) is 0 Å². The summed E-state index contributed by atoms with van der Waals surface area (Å²) >= 11 is 0. The Morgan fingerprint density at radius 2 is 1.79 bits per heavy atom. The van der Waals surface area contributed by atoms with Gasteiger partial charge in [0, 0.05) is 17.5 Å². The molecular weight excluding hydrogens is 353 g/mol. The first-order valence-electron chi connectivity index (χ1n) is 9.93. The first kappa shape index (κ1) is 18.4. The van der Waals surface area contributed by atoms with Crippen molar-refractivity contribution in [2.75, 3.05) is 5.32 Å². The van der Waals surface area contributed by atoms with E-state index < -0.39 is 0 Å². The van der Waals surface area contributed by atoms with Gasteiger partial charge < -0.3 is 5.32 Å². The van der Waals surface area contributed by atoms with Gasteiger partial charge in [-0.15, -0.1) is 0 Å². The maximum atomic E-state index is 13.1. The standard InChI is InChI=1S/C23H24FN3O/c24-17-12-10-16(11-13-17)15-25-22-14-20(19-8-4-5-9-21(19)27-22)23(28)26-18-6-2-1-3-7-18/h4-5,8-14,18H,1-3,6-7,15H2,(H,25,27)(H,26,28)/p+1. The zero-order chi connectivity index (χ0) is 19.3. The number of amides is 1. The lowest BCUT2D eigenvalue weighted by molar-refractivity contribution is -0.327. The molecule has 4 rings (SSSR count). The van der Waals surface area contributed by atoms with Gasteiger partial charge in [0.1, 0.15) is 17.9 Å². The molecule has 0 aliphatic heterocycles. The third-order valence-electron chi connectivity index (χ3n) is 5.36. The third kappa shape index (κ3) is 4.30. The molecular formula is C23H25FN3O+. The number of hydrogen-bond acceptors (Lipinski definition) is 2. The molecule has 1 aromatic heterocycles. The van der Waals surface area contributed by atoms with Crippen LogP contribution in [0.1, 0.15) is 48.0 Å². The fraction of sp³-hybridized carbons (Fsp3) is 0.304. The highest BCUT2D eigenvalue weighted by atomic mass is 19.1. The predicted octanol–water partition coefficient (Wildman–Crippen LogP) is 4.47. The molecule has 1 saturated carbocycles. The molecule has 1 aliphatic carbocycles. The molecule has 1 amide bonds. The number of anilines is 1. The summed E-state index contributed by atoms with van der Waals surface area (Å²) in [4.78, 5) is 16.3. The number of carbonyl (C=O) groups is 1. The van der Waals surface area contributed by atoms with Crippen LogP contribution in [-0.4, -0.2) is 11.9 Å². The molecule has 2 aromatic carbocycles. The van der Waals surface area contributed by atoms with Gasteiger partial charge in [-0.05, 0) is 42.7 Å². The van der Waals surface area contributed by atoms with Crippen LogP contribution in [0.4, 0.5) is 10.2 Å². The van der Waals surface area contributed by atoms with Crippen LogP contribution >= 0.6 is 0 Å². The molecule has 5 heteroatoms. The predicted molar refractivity (Wildman–Crippen MR) is 109 cm³/mol. The van der Waals surface area contributed by atoms with E-state index in [9.17, 15) is 9.18 Å². The SMILES string of the molecule is O=C(NC1CCCCC1)c1cc(NCc2ccc(F)cc2)[nH+]c2ccccc12. The van der Waals surface area contributed by atoms with Crippen LogP contribution in [0.5, 0.6) is 0 Å². The van der Waals surface area contributed by atoms with E-state index in [0.717, 1.165) is 35.1 Å². The summed E-state index contributed by atoms with van der Waals surface area (Å²) < 4.78 is 13.1. The minimum atomic E-state index is -0.248. The van der Waals surface area contributed by atoms with E-state index in [1.807, 2.05) is 30.3 Å². The van der Waals surface area contributed by atoms with Crippen molar-refractivity contribution in [2.45, 2.75) is 44.7 Å². The van der Waals surface area contributed by atoms with E-state index in [4.69, 9.17) is 0 Å². The van der Waals surface area contributed by atoms with Crippen molar-refractivity contribution in [1.29, 1.82) is 0 Å². The van der Waals surface area contributed by atoms with Crippen LogP contribution in [0.3, 0.4) is 0 Å². The van der Waals surface area contributed by atoms with E-state index in [0.29, 0.717) is 12.1 Å². The van der Waals surface area contributed by atoms with Gasteiger partial charge in [-0.3, -0.25) is 10.1 Å². The molecule has 0 bridgehead atoms. The molecule has 1 heterocycles. The maximum absolute atomic E-state index is 13.1. The van der Waals surface area contributed by atoms with Crippen molar-refractivity contribution in [3.8, 4) is 0 Å². The topological polar surface area (TPSA) is 55.3 Å². The number of H-pyrrole nitrogens is 1. The van der Waals surface area contributed by atoms with E-state index in [2.05, 4.69) is 15.6 Å². The summed E-state index contributed by atoms with van der Waals surface area (Å²) in [6.45, 7) is 0.540. The molecule has 1 aliphatic rings. The highest BCUT2D eigenvalue weighted by Crippen LogP contribution is 2.21. The second kappa shape index (κ2) is 8.38. The number of fused-ring (bicyclic) bond motifs is 1. The molecule has 0 atom stereocenters. The Hall–Kier alpha value is -2.95. The van der Waals surface area contributed by atoms with Crippen molar-refractivity contribution in [3.05, 3.63) is 71.5 Å². The number of halogens is 1. The van der Waals surface area contributed by atoms with Gasteiger partial charge in [-0.25, -0.2) is 9.37 Å². The lowest BCUT2D eigenvalue weighted by Gasteiger charge is -2.23. The number of rotatable bonds is 5. The largest absolute Gasteiger partial charge is 0.349 e. The number of benzene rings is 2. The van der Waals surface area contributed by atoms with Crippen LogP contribution < -0.4 is 15.6 Å². The fourth-order valence-corrected chi connectivity index (χ4v) is 3.82. The molecule has 28 heavy (non-hydrogen) atoms. The smallest absolute Gasteiger partial charge is 0.273 e. The summed E-state index contributed by atoms with van der Waals surface area (Å²) in [6, 6.07) is 16.4. The van der Waals surface area contributed by atoms with E-state index in [-0.39, 0.29) is 17.8 Å². The van der Waals surface area contributed by atoms with E-state index in [1.54, 1.807) is 12.1 Å². The Morgan fingerprint density at radius 1 is 1.04 bits per heavy atom. The van der Waals surface area contributed by atoms with E-state index in [1.165, 1.54) is 31.4 Å². The Labute approximate surface area is 164 Å². The second-order valence-electron chi connectivity index (χ2n) is 7.43. The summed E-state index contributed by atoms with van der Waals surface area (Å²) in [5.74, 6) is 0.487. The number of aromatic amines is 1. The fourth-order valence-electron chi connectivity index (χ4n) is 3.82. The van der Waals surface area contributed by atoms with Crippen LogP contribution in [0.15, 0.2) is 54.6 Å². The average molecular weight is 378 g/mol. The summed E-state index contributed by atoms with van der Waals surface area (Å²) in [6.07, 6.45) is 5.72. The van der Waals surface area contributed by atoms with Gasteiger partial charge >= 0.3 is 0 Å². The molecule has 0 saturated heterocycles. The number of nitrogens with one attached hydrogen (secondary N) is 3. The Morgan fingerprint density at radius 3 is 2.57 bits per heavy atom. The minimum Gasteiger partial charge on any atom is -0.349 e. The molecule has 3 aromatic rings. The second-order valence-corrected chi connectivity index (χ2v) is 7.43. The monoisotopic (exact) mass is 378 g/mol. The van der Waals surface area contributed by atoms with Gasteiger partial charge in [0.05, 0.1) is 5.56 Å². The summed E-state index contributed by atoms with van der Waals surface area (Å²) in [7, 11) is 0. The lowest BCUT2D eigenvalue weighted by Crippen LogP contribution is -2.36. The maximum Gasteiger partial charge on any atom is 0.273 e. The first-order valence-corrected chi connectivity index (χ1v) is 9.93. The van der Waals surface area contributed by atoms with Crippen molar-refractivity contribution in [1.82, 2.24) is 5.32 Å². The summed E-state index contributed by atoms with van der Waals surface area (Å²) in [5.41, 5.74) is 2.54. The van der Waals surface area contributed by atoms with Crippen molar-refractivity contribution >= 4 is 22.6 Å². The first-order chi connectivity index (χ1) is 13.7. The molecule has 144 valence electrons. The molecule has 0 unspecified atom stereocenters. The Balaban J connectivity index is 1.57. The van der Waals surface area contributed by atoms with Crippen LogP contribution in [0, 0.1) is 5.82 Å². The zero-order valence-corrected chi connectivity index (χ0v) is 15.8. The highest BCUT2D eigenvalue weighted by molar-refractivity contribution is 6.06. The number of pyridine rings is 1. The molecule has 0 radical (unpaired) electrons. The van der Waals surface area contributed by atoms with Crippen LogP contribution in [-0.2, 0) is 6.54 Å². The quantitative estimate of drug-likeness (QED) is 0.688. The van der Waals surface area contributed by atoms with Crippen LogP contribution in [0.2, 0.25) is 0 Å². The molecule has 4 nitrogen and oxygen atoms in total. The number of hydrogen-bond donors (Lipinski definition) is 2. The number of carbonyl (C=O) groups excluding carboxylic acids is 1. The van der Waals surface area contributed by atoms with Crippen LogP contribution in [0.25, 0.3) is 10.9 Å². The number of aromatic nitrogens is 1. The molecule has 1 fully saturated rings. The Bertz CT molecular complexity index is 965. The lowest BCUT2D eigenvalue weighted by atomic mass is 9.95. The normalized spacial score (nSPS) is 14.8. The average Bonchev–Trinajstić information content (AvgIpc) is 2.73.